The second-order valence-corrected chi connectivity index (χ2v) is 8.49. The summed E-state index contributed by atoms with van der Waals surface area (Å²) in [7, 11) is 0. The van der Waals surface area contributed by atoms with Crippen LogP contribution >= 0.6 is 11.3 Å². The van der Waals surface area contributed by atoms with E-state index < -0.39 is 47.4 Å². The van der Waals surface area contributed by atoms with Crippen molar-refractivity contribution in [1.29, 1.82) is 0 Å². The number of hydrogen-bond donors (Lipinski definition) is 1. The average Bonchev–Trinajstić information content (AvgIpc) is 3.24. The first-order valence-electron chi connectivity index (χ1n) is 9.74. The molecule has 190 valence electrons. The van der Waals surface area contributed by atoms with Crippen LogP contribution in [0.4, 0.5) is 30.7 Å². The van der Waals surface area contributed by atoms with E-state index >= 15 is 0 Å². The quantitative estimate of drug-likeness (QED) is 0.238. The summed E-state index contributed by atoms with van der Waals surface area (Å²) in [5.41, 5.74) is -2.51. The van der Waals surface area contributed by atoms with Crippen LogP contribution in [0.2, 0.25) is 0 Å². The lowest BCUT2D eigenvalue weighted by Gasteiger charge is -2.23. The fourth-order valence-electron chi connectivity index (χ4n) is 3.11. The lowest BCUT2D eigenvalue weighted by molar-refractivity contribution is -0.605. The Kier molecular flexibility index (Phi) is 7.74. The Hall–Kier alpha value is -3.13. The SMILES string of the molecule is CC(O)(c1ncc(C(Cc2cc[n+]([O-])cc2)c2ccc(OC(F)F)c(OC(F)F)c2)s1)C(F)(F)F. The topological polar surface area (TPSA) is 78.5 Å². The molecule has 0 aliphatic heterocycles. The summed E-state index contributed by atoms with van der Waals surface area (Å²) in [5, 5.41) is 20.7. The summed E-state index contributed by atoms with van der Waals surface area (Å²) < 4.78 is 100.0. The number of nitrogens with zero attached hydrogens (tertiary/aromatic N) is 2. The molecule has 0 amide bonds. The first kappa shape index (κ1) is 26.5. The van der Waals surface area contributed by atoms with Gasteiger partial charge in [-0.1, -0.05) is 6.07 Å². The number of alkyl halides is 7. The van der Waals surface area contributed by atoms with Crippen LogP contribution < -0.4 is 14.2 Å². The molecule has 0 spiro atoms. The van der Waals surface area contributed by atoms with Crippen molar-refractivity contribution in [2.24, 2.45) is 0 Å². The van der Waals surface area contributed by atoms with Crippen LogP contribution in [0, 0.1) is 5.21 Å². The molecule has 35 heavy (non-hydrogen) atoms. The van der Waals surface area contributed by atoms with E-state index in [2.05, 4.69) is 14.5 Å². The fourth-order valence-corrected chi connectivity index (χ4v) is 4.23. The van der Waals surface area contributed by atoms with Gasteiger partial charge in [-0.2, -0.15) is 35.5 Å². The minimum absolute atomic E-state index is 0.0554. The molecule has 2 heterocycles. The molecule has 3 aromatic rings. The molecule has 0 saturated carbocycles. The molecule has 0 saturated heterocycles. The second-order valence-electron chi connectivity index (χ2n) is 7.42. The monoisotopic (exact) mass is 526 g/mol. The third-order valence-electron chi connectivity index (χ3n) is 4.95. The van der Waals surface area contributed by atoms with Gasteiger partial charge in [0.05, 0.1) is 0 Å². The smallest absolute Gasteiger partial charge is 0.423 e. The highest BCUT2D eigenvalue weighted by Gasteiger charge is 2.53. The number of benzene rings is 1. The minimum atomic E-state index is -5.02. The number of aromatic nitrogens is 2. The zero-order valence-corrected chi connectivity index (χ0v) is 18.5. The van der Waals surface area contributed by atoms with Gasteiger partial charge in [-0.05, 0) is 36.6 Å². The first-order chi connectivity index (χ1) is 16.3. The predicted molar refractivity (Wildman–Crippen MR) is 108 cm³/mol. The van der Waals surface area contributed by atoms with Crippen molar-refractivity contribution in [3.05, 3.63) is 75.1 Å². The molecule has 0 bridgehead atoms. The van der Waals surface area contributed by atoms with Gasteiger partial charge in [0.2, 0.25) is 5.60 Å². The third-order valence-corrected chi connectivity index (χ3v) is 6.27. The lowest BCUT2D eigenvalue weighted by Crippen LogP contribution is -2.39. The molecule has 14 heteroatoms. The van der Waals surface area contributed by atoms with Gasteiger partial charge in [0.1, 0.15) is 5.01 Å². The normalized spacial score (nSPS) is 14.7. The van der Waals surface area contributed by atoms with Crippen molar-refractivity contribution in [2.45, 2.75) is 44.3 Å². The van der Waals surface area contributed by atoms with Gasteiger partial charge >= 0.3 is 19.4 Å². The largest absolute Gasteiger partial charge is 0.619 e. The number of rotatable bonds is 9. The van der Waals surface area contributed by atoms with Crippen molar-refractivity contribution in [1.82, 2.24) is 4.98 Å². The number of ether oxygens (including phenoxy) is 2. The minimum Gasteiger partial charge on any atom is -0.619 e. The number of aliphatic hydroxyl groups is 1. The van der Waals surface area contributed by atoms with Crippen LogP contribution in [0.15, 0.2) is 48.9 Å². The van der Waals surface area contributed by atoms with E-state index in [0.29, 0.717) is 28.6 Å². The molecule has 1 N–H and O–H groups in total. The molecule has 0 radical (unpaired) electrons. The van der Waals surface area contributed by atoms with Crippen molar-refractivity contribution in [2.75, 3.05) is 0 Å². The van der Waals surface area contributed by atoms with Gasteiger partial charge in [0.25, 0.3) is 0 Å². The van der Waals surface area contributed by atoms with Gasteiger partial charge in [-0.15, -0.1) is 11.3 Å². The van der Waals surface area contributed by atoms with Crippen LogP contribution in [0.1, 0.15) is 33.9 Å². The Morgan fingerprint density at radius 1 is 1.03 bits per heavy atom. The molecular weight excluding hydrogens is 509 g/mol. The van der Waals surface area contributed by atoms with Gasteiger partial charge in [-0.25, -0.2) is 4.98 Å². The van der Waals surface area contributed by atoms with Crippen molar-refractivity contribution in [3.63, 3.8) is 0 Å². The van der Waals surface area contributed by atoms with Crippen molar-refractivity contribution >= 4 is 11.3 Å². The Morgan fingerprint density at radius 2 is 1.63 bits per heavy atom. The van der Waals surface area contributed by atoms with E-state index in [4.69, 9.17) is 0 Å². The summed E-state index contributed by atoms with van der Waals surface area (Å²) in [5.74, 6) is -2.21. The predicted octanol–water partition coefficient (Wildman–Crippen LogP) is 5.12. The molecule has 2 aromatic heterocycles. The van der Waals surface area contributed by atoms with Gasteiger partial charge in [-0.3, -0.25) is 0 Å². The summed E-state index contributed by atoms with van der Waals surface area (Å²) in [6.07, 6.45) is -1.50. The molecule has 0 aliphatic rings. The zero-order chi connectivity index (χ0) is 26.0. The van der Waals surface area contributed by atoms with Gasteiger partial charge < -0.3 is 19.8 Å². The molecule has 1 aromatic carbocycles. The summed E-state index contributed by atoms with van der Waals surface area (Å²) in [6, 6.07) is 6.12. The number of halogens is 7. The Balaban J connectivity index is 2.08. The van der Waals surface area contributed by atoms with Crippen LogP contribution in [0.25, 0.3) is 0 Å². The lowest BCUT2D eigenvalue weighted by atomic mass is 9.91. The van der Waals surface area contributed by atoms with Crippen molar-refractivity contribution in [3.8, 4) is 11.5 Å². The molecule has 0 fully saturated rings. The highest BCUT2D eigenvalue weighted by Crippen LogP contribution is 2.43. The molecule has 6 nitrogen and oxygen atoms in total. The molecular formula is C21H17F7N2O4S. The number of pyridine rings is 1. The first-order valence-corrected chi connectivity index (χ1v) is 10.6. The highest BCUT2D eigenvalue weighted by atomic mass is 32.1. The van der Waals surface area contributed by atoms with E-state index in [1.807, 2.05) is 0 Å². The molecule has 3 rings (SSSR count). The third kappa shape index (κ3) is 6.31. The van der Waals surface area contributed by atoms with Gasteiger partial charge in [0, 0.05) is 29.1 Å². The van der Waals surface area contributed by atoms with E-state index in [9.17, 15) is 41.0 Å². The van der Waals surface area contributed by atoms with Gasteiger partial charge in [0.15, 0.2) is 23.9 Å². The molecule has 0 aliphatic carbocycles. The zero-order valence-electron chi connectivity index (χ0n) is 17.7. The average molecular weight is 526 g/mol. The molecule has 2 unspecified atom stereocenters. The van der Waals surface area contributed by atoms with Crippen LogP contribution in [0.3, 0.4) is 0 Å². The summed E-state index contributed by atoms with van der Waals surface area (Å²) >= 11 is 0.538. The summed E-state index contributed by atoms with van der Waals surface area (Å²) in [4.78, 5) is 3.91. The summed E-state index contributed by atoms with van der Waals surface area (Å²) in [6.45, 7) is -6.16. The highest BCUT2D eigenvalue weighted by molar-refractivity contribution is 7.11. The van der Waals surface area contributed by atoms with Crippen molar-refractivity contribution < 1.29 is 50.0 Å². The number of thiazole rings is 1. The Morgan fingerprint density at radius 3 is 2.20 bits per heavy atom. The number of hydrogen-bond acceptors (Lipinski definition) is 6. The Labute approximate surface area is 197 Å². The molecule has 2 atom stereocenters. The Bertz CT molecular complexity index is 1140. The maximum absolute atomic E-state index is 13.3. The van der Waals surface area contributed by atoms with E-state index in [-0.39, 0.29) is 16.9 Å². The van der Waals surface area contributed by atoms with Crippen LogP contribution in [-0.2, 0) is 12.0 Å². The van der Waals surface area contributed by atoms with Crippen LogP contribution in [0.5, 0.6) is 11.5 Å². The van der Waals surface area contributed by atoms with E-state index in [1.165, 1.54) is 30.6 Å². The maximum Gasteiger partial charge on any atom is 0.423 e. The maximum atomic E-state index is 13.3. The second kappa shape index (κ2) is 10.2. The van der Waals surface area contributed by atoms with Crippen LogP contribution in [-0.4, -0.2) is 29.5 Å². The standard InChI is InChI=1S/C21H17F7N2O4S/c1-20(31,21(26,27)28)17-29-10-16(35-17)13(8-11-4-6-30(32)7-5-11)12-2-3-14(33-18(22)23)15(9-12)34-19(24)25/h2-7,9-10,13,18-19,31H,8H2,1H3. The van der Waals surface area contributed by atoms with E-state index in [0.717, 1.165) is 18.3 Å². The fraction of sp³-hybridized carbons (Fsp3) is 0.333. The van der Waals surface area contributed by atoms with E-state index in [1.54, 1.807) is 0 Å².